The first-order chi connectivity index (χ1) is 13.3. The van der Waals surface area contributed by atoms with Gasteiger partial charge in [0.25, 0.3) is 0 Å². The monoisotopic (exact) mass is 413 g/mol. The summed E-state index contributed by atoms with van der Waals surface area (Å²) in [5.41, 5.74) is -0.166. The van der Waals surface area contributed by atoms with E-state index in [9.17, 15) is 18.0 Å². The first-order valence-electron chi connectivity index (χ1n) is 9.46. The van der Waals surface area contributed by atoms with E-state index in [-0.39, 0.29) is 6.03 Å². The lowest BCUT2D eigenvalue weighted by Crippen LogP contribution is -2.32. The van der Waals surface area contributed by atoms with Gasteiger partial charge in [-0.15, -0.1) is 11.3 Å². The number of benzene rings is 1. The van der Waals surface area contributed by atoms with Crippen molar-refractivity contribution in [1.82, 2.24) is 9.47 Å². The van der Waals surface area contributed by atoms with Crippen molar-refractivity contribution < 1.29 is 18.0 Å². The number of urea groups is 1. The Kier molecular flexibility index (Phi) is 7.86. The minimum Gasteiger partial charge on any atom is -0.323 e. The molecule has 0 saturated carbocycles. The van der Waals surface area contributed by atoms with Gasteiger partial charge in [0.1, 0.15) is 0 Å². The van der Waals surface area contributed by atoms with Crippen LogP contribution in [0.25, 0.3) is 5.69 Å². The number of hydrogen-bond donors (Lipinski definition) is 0. The van der Waals surface area contributed by atoms with E-state index in [1.807, 2.05) is 6.92 Å². The molecule has 154 valence electrons. The molecule has 0 radical (unpaired) electrons. The maximum Gasteiger partial charge on any atom is 0.416 e. The molecular formula is C20H26F3N3OS. The van der Waals surface area contributed by atoms with Gasteiger partial charge in [-0.2, -0.15) is 18.2 Å². The van der Waals surface area contributed by atoms with E-state index >= 15 is 0 Å². The molecule has 1 heterocycles. The summed E-state index contributed by atoms with van der Waals surface area (Å²) in [7, 11) is 0. The van der Waals surface area contributed by atoms with Gasteiger partial charge in [-0.3, -0.25) is 4.57 Å². The maximum absolute atomic E-state index is 12.8. The van der Waals surface area contributed by atoms with Crippen molar-refractivity contribution in [3.63, 3.8) is 0 Å². The van der Waals surface area contributed by atoms with Crippen LogP contribution in [-0.4, -0.2) is 28.6 Å². The third-order valence-corrected chi connectivity index (χ3v) is 5.16. The van der Waals surface area contributed by atoms with Crippen molar-refractivity contribution in [2.75, 3.05) is 13.1 Å². The first-order valence-corrected chi connectivity index (χ1v) is 10.3. The Labute approximate surface area is 167 Å². The van der Waals surface area contributed by atoms with Gasteiger partial charge in [-0.05, 0) is 44.0 Å². The Balaban J connectivity index is 2.34. The zero-order chi connectivity index (χ0) is 20.7. The van der Waals surface area contributed by atoms with Crippen molar-refractivity contribution in [2.45, 2.75) is 52.6 Å². The number of aryl methyl sites for hydroxylation is 1. The summed E-state index contributed by atoms with van der Waals surface area (Å²) in [6.07, 6.45) is 1.19. The van der Waals surface area contributed by atoms with Gasteiger partial charge in [0.2, 0.25) is 0 Å². The SMILES string of the molecule is CCCCN(CCCC)C(=O)N=c1sc(C)cn1-c1ccc(C(F)(F)F)cc1. The number of hydrogen-bond acceptors (Lipinski definition) is 2. The smallest absolute Gasteiger partial charge is 0.323 e. The fourth-order valence-corrected chi connectivity index (χ4v) is 3.51. The van der Waals surface area contributed by atoms with Crippen LogP contribution in [0.3, 0.4) is 0 Å². The molecule has 0 saturated heterocycles. The molecule has 0 aliphatic rings. The Bertz CT molecular complexity index is 830. The van der Waals surface area contributed by atoms with E-state index < -0.39 is 11.7 Å². The van der Waals surface area contributed by atoms with Crippen molar-refractivity contribution in [1.29, 1.82) is 0 Å². The highest BCUT2D eigenvalue weighted by Gasteiger charge is 2.30. The summed E-state index contributed by atoms with van der Waals surface area (Å²) < 4.78 is 40.1. The average Bonchev–Trinajstić information content (AvgIpc) is 3.01. The molecule has 8 heteroatoms. The molecule has 28 heavy (non-hydrogen) atoms. The quantitative estimate of drug-likeness (QED) is 0.566. The number of thiazole rings is 1. The normalized spacial score (nSPS) is 12.4. The summed E-state index contributed by atoms with van der Waals surface area (Å²) in [4.78, 5) is 20.1. The van der Waals surface area contributed by atoms with E-state index in [2.05, 4.69) is 18.8 Å². The molecule has 0 aliphatic carbocycles. The molecule has 0 fully saturated rings. The van der Waals surface area contributed by atoms with Gasteiger partial charge < -0.3 is 4.90 Å². The lowest BCUT2D eigenvalue weighted by molar-refractivity contribution is -0.137. The number of carbonyl (C=O) groups excluding carboxylic acids is 1. The van der Waals surface area contributed by atoms with Crippen LogP contribution in [0.2, 0.25) is 0 Å². The minimum atomic E-state index is -4.38. The molecular weight excluding hydrogens is 387 g/mol. The van der Waals surface area contributed by atoms with Crippen molar-refractivity contribution in [3.05, 3.63) is 45.7 Å². The summed E-state index contributed by atoms with van der Waals surface area (Å²) in [6.45, 7) is 7.33. The molecule has 2 aromatic rings. The number of halogens is 3. The van der Waals surface area contributed by atoms with Crippen LogP contribution in [0, 0.1) is 6.92 Å². The van der Waals surface area contributed by atoms with E-state index in [0.29, 0.717) is 23.6 Å². The second-order valence-electron chi connectivity index (χ2n) is 6.63. The standard InChI is InChI=1S/C20H26F3N3OS/c1-4-6-12-25(13-7-5-2)18(27)24-19-26(14-15(3)28-19)17-10-8-16(9-11-17)20(21,22)23/h8-11,14H,4-7,12-13H2,1-3H3. The number of unbranched alkanes of at least 4 members (excludes halogenated alkanes) is 2. The molecule has 0 unspecified atom stereocenters. The van der Waals surface area contributed by atoms with Gasteiger partial charge in [-0.1, -0.05) is 26.7 Å². The van der Waals surface area contributed by atoms with Crippen LogP contribution in [0.5, 0.6) is 0 Å². The molecule has 0 atom stereocenters. The topological polar surface area (TPSA) is 37.6 Å². The molecule has 1 aromatic heterocycles. The number of rotatable bonds is 7. The number of alkyl halides is 3. The van der Waals surface area contributed by atoms with E-state index in [4.69, 9.17) is 0 Å². The highest BCUT2D eigenvalue weighted by atomic mass is 32.1. The van der Waals surface area contributed by atoms with Crippen molar-refractivity contribution in [2.24, 2.45) is 4.99 Å². The Morgan fingerprint density at radius 1 is 1.11 bits per heavy atom. The summed E-state index contributed by atoms with van der Waals surface area (Å²) >= 11 is 1.34. The van der Waals surface area contributed by atoms with Crippen LogP contribution in [0.4, 0.5) is 18.0 Å². The molecule has 0 N–H and O–H groups in total. The zero-order valence-corrected chi connectivity index (χ0v) is 17.2. The molecule has 2 rings (SSSR count). The van der Waals surface area contributed by atoms with E-state index in [1.54, 1.807) is 15.7 Å². The third-order valence-electron chi connectivity index (χ3n) is 4.27. The summed E-state index contributed by atoms with van der Waals surface area (Å²) in [5, 5.41) is 0. The Hall–Kier alpha value is -2.09. The first kappa shape index (κ1) is 22.2. The predicted molar refractivity (Wildman–Crippen MR) is 106 cm³/mol. The minimum absolute atomic E-state index is 0.301. The van der Waals surface area contributed by atoms with E-state index in [1.165, 1.54) is 23.5 Å². The molecule has 0 bridgehead atoms. The number of nitrogens with zero attached hydrogens (tertiary/aromatic N) is 3. The lowest BCUT2D eigenvalue weighted by atomic mass is 10.2. The van der Waals surface area contributed by atoms with Gasteiger partial charge in [-0.25, -0.2) is 4.79 Å². The number of carbonyl (C=O) groups is 1. The predicted octanol–water partition coefficient (Wildman–Crippen LogP) is 5.79. The van der Waals surface area contributed by atoms with Crippen molar-refractivity contribution in [3.8, 4) is 5.69 Å². The van der Waals surface area contributed by atoms with Gasteiger partial charge in [0.15, 0.2) is 4.80 Å². The molecule has 4 nitrogen and oxygen atoms in total. The Morgan fingerprint density at radius 2 is 1.68 bits per heavy atom. The molecule has 0 aliphatic heterocycles. The highest BCUT2D eigenvalue weighted by Crippen LogP contribution is 2.29. The van der Waals surface area contributed by atoms with Crippen LogP contribution in [0.15, 0.2) is 35.5 Å². The second kappa shape index (κ2) is 9.91. The zero-order valence-electron chi connectivity index (χ0n) is 16.4. The van der Waals surface area contributed by atoms with Crippen LogP contribution in [-0.2, 0) is 6.18 Å². The van der Waals surface area contributed by atoms with Crippen LogP contribution < -0.4 is 4.80 Å². The highest BCUT2D eigenvalue weighted by molar-refractivity contribution is 7.09. The van der Waals surface area contributed by atoms with Crippen molar-refractivity contribution >= 4 is 17.4 Å². The average molecular weight is 414 g/mol. The summed E-state index contributed by atoms with van der Waals surface area (Å²) in [5.74, 6) is 0. The number of aromatic nitrogens is 1. The second-order valence-corrected chi connectivity index (χ2v) is 7.84. The van der Waals surface area contributed by atoms with Gasteiger partial charge in [0.05, 0.1) is 5.56 Å². The fourth-order valence-electron chi connectivity index (χ4n) is 2.68. The van der Waals surface area contributed by atoms with Crippen LogP contribution in [0.1, 0.15) is 50.0 Å². The Morgan fingerprint density at radius 3 is 2.18 bits per heavy atom. The number of amides is 2. The van der Waals surface area contributed by atoms with E-state index in [0.717, 1.165) is 42.7 Å². The molecule has 1 aromatic carbocycles. The maximum atomic E-state index is 12.8. The molecule has 2 amide bonds. The largest absolute Gasteiger partial charge is 0.416 e. The lowest BCUT2D eigenvalue weighted by Gasteiger charge is -2.19. The molecule has 0 spiro atoms. The van der Waals surface area contributed by atoms with Crippen LogP contribution >= 0.6 is 11.3 Å². The van der Waals surface area contributed by atoms with Gasteiger partial charge in [0, 0.05) is 29.9 Å². The third kappa shape index (κ3) is 5.95. The fraction of sp³-hybridized carbons (Fsp3) is 0.500. The van der Waals surface area contributed by atoms with Gasteiger partial charge >= 0.3 is 12.2 Å². The summed E-state index contributed by atoms with van der Waals surface area (Å²) in [6, 6.07) is 4.56.